The zero-order valence-corrected chi connectivity index (χ0v) is 25.7. The second-order valence-corrected chi connectivity index (χ2v) is 14.9. The second kappa shape index (κ2) is 11.5. The molecule has 2 heterocycles. The minimum Gasteiger partial charge on any atom is -0.490 e. The van der Waals surface area contributed by atoms with Crippen LogP contribution in [-0.4, -0.2) is 63.7 Å². The maximum atomic E-state index is 13.3. The molecule has 1 saturated carbocycles. The van der Waals surface area contributed by atoms with E-state index in [2.05, 4.69) is 21.8 Å². The molecule has 2 bridgehead atoms. The van der Waals surface area contributed by atoms with Crippen molar-refractivity contribution in [2.75, 3.05) is 31.7 Å². The van der Waals surface area contributed by atoms with Crippen molar-refractivity contribution in [2.24, 2.45) is 11.8 Å². The smallest absolute Gasteiger partial charge is 0.264 e. The molecule has 0 radical (unpaired) electrons. The van der Waals surface area contributed by atoms with Gasteiger partial charge >= 0.3 is 0 Å². The first kappa shape index (κ1) is 29.5. The van der Waals surface area contributed by atoms with Gasteiger partial charge in [0.05, 0.1) is 24.5 Å². The third-order valence-corrected chi connectivity index (χ3v) is 11.9. The molecule has 0 saturated heterocycles. The molecule has 1 fully saturated rings. The van der Waals surface area contributed by atoms with Crippen molar-refractivity contribution in [3.63, 3.8) is 0 Å². The molecule has 6 atom stereocenters. The highest BCUT2D eigenvalue weighted by atomic mass is 35.5. The Bertz CT molecular complexity index is 1500. The second-order valence-electron chi connectivity index (χ2n) is 12.4. The van der Waals surface area contributed by atoms with Crippen molar-refractivity contribution in [1.29, 1.82) is 0 Å². The van der Waals surface area contributed by atoms with Gasteiger partial charge in [-0.15, -0.1) is 0 Å². The Morgan fingerprint density at radius 3 is 2.79 bits per heavy atom. The molecule has 6 rings (SSSR count). The fourth-order valence-electron chi connectivity index (χ4n) is 7.22. The number of hydrogen-bond donors (Lipinski definition) is 2. The highest BCUT2D eigenvalue weighted by Crippen LogP contribution is 2.47. The van der Waals surface area contributed by atoms with Crippen LogP contribution < -0.4 is 14.4 Å². The maximum Gasteiger partial charge on any atom is 0.264 e. The van der Waals surface area contributed by atoms with Crippen LogP contribution in [0.1, 0.15) is 60.5 Å². The summed E-state index contributed by atoms with van der Waals surface area (Å²) in [5, 5.41) is 10.2. The molecule has 226 valence electrons. The molecule has 4 aliphatic rings. The van der Waals surface area contributed by atoms with Crippen LogP contribution in [-0.2, 0) is 26.6 Å². The normalized spacial score (nSPS) is 33.3. The van der Waals surface area contributed by atoms with E-state index >= 15 is 0 Å². The number of nitrogens with one attached hydrogen (secondary N) is 1. The molecule has 1 amide bonds. The zero-order valence-electron chi connectivity index (χ0n) is 24.1. The average Bonchev–Trinajstić information content (AvgIpc) is 3.10. The van der Waals surface area contributed by atoms with Gasteiger partial charge in [0.2, 0.25) is 10.0 Å². The first-order valence-corrected chi connectivity index (χ1v) is 16.8. The van der Waals surface area contributed by atoms with Gasteiger partial charge in [-0.2, -0.15) is 0 Å². The highest BCUT2D eigenvalue weighted by Gasteiger charge is 2.44. The minimum atomic E-state index is -4.13. The van der Waals surface area contributed by atoms with E-state index in [1.807, 2.05) is 12.1 Å². The Hall–Kier alpha value is -2.59. The van der Waals surface area contributed by atoms with Gasteiger partial charge in [-0.3, -0.25) is 4.79 Å². The topological polar surface area (TPSA) is 105 Å². The fraction of sp³-hybridized carbons (Fsp3) is 0.531. The summed E-state index contributed by atoms with van der Waals surface area (Å²) in [5.74, 6) is 0.587. The Labute approximate surface area is 253 Å². The minimum absolute atomic E-state index is 0.141. The van der Waals surface area contributed by atoms with E-state index in [0.29, 0.717) is 24.8 Å². The molecule has 2 aliphatic carbocycles. The number of halogens is 1. The lowest BCUT2D eigenvalue weighted by atomic mass is 9.68. The molecule has 8 nitrogen and oxygen atoms in total. The number of aliphatic hydroxyl groups is 1. The van der Waals surface area contributed by atoms with Crippen molar-refractivity contribution in [2.45, 2.75) is 68.3 Å². The Morgan fingerprint density at radius 1 is 1.19 bits per heavy atom. The molecule has 2 N–H and O–H groups in total. The number of ether oxygens (including phenoxy) is 2. The third-order valence-electron chi connectivity index (χ3n) is 9.89. The van der Waals surface area contributed by atoms with Gasteiger partial charge in [0.15, 0.2) is 0 Å². The summed E-state index contributed by atoms with van der Waals surface area (Å²) in [5.41, 5.74) is 3.28. The number of nitrogens with zero attached hydrogens (tertiary/aromatic N) is 1. The number of benzene rings is 2. The first-order chi connectivity index (χ1) is 20.1. The van der Waals surface area contributed by atoms with Crippen molar-refractivity contribution < 1.29 is 27.8 Å². The number of anilines is 1. The van der Waals surface area contributed by atoms with Gasteiger partial charge in [0.25, 0.3) is 5.91 Å². The van der Waals surface area contributed by atoms with Crippen molar-refractivity contribution in [3.8, 4) is 5.75 Å². The number of hydrogen-bond acceptors (Lipinski definition) is 7. The molecule has 10 heteroatoms. The van der Waals surface area contributed by atoms with Crippen LogP contribution in [0.2, 0.25) is 5.02 Å². The number of carbonyl (C=O) groups is 1. The van der Waals surface area contributed by atoms with Crippen LogP contribution in [0.4, 0.5) is 5.69 Å². The van der Waals surface area contributed by atoms with Gasteiger partial charge in [-0.25, -0.2) is 13.1 Å². The predicted octanol–water partition coefficient (Wildman–Crippen LogP) is 4.62. The number of rotatable bonds is 1. The first-order valence-electron chi connectivity index (χ1n) is 14.8. The van der Waals surface area contributed by atoms with Crippen LogP contribution >= 0.6 is 11.6 Å². The quantitative estimate of drug-likeness (QED) is 0.452. The van der Waals surface area contributed by atoms with Crippen LogP contribution in [0.25, 0.3) is 0 Å². The Kier molecular flexibility index (Phi) is 8.06. The fourth-order valence-corrected chi connectivity index (χ4v) is 8.50. The van der Waals surface area contributed by atoms with Crippen LogP contribution in [0.15, 0.2) is 48.6 Å². The monoisotopic (exact) mass is 614 g/mol. The lowest BCUT2D eigenvalue weighted by Gasteiger charge is -2.46. The van der Waals surface area contributed by atoms with Crippen LogP contribution in [0.5, 0.6) is 5.75 Å². The van der Waals surface area contributed by atoms with Gasteiger partial charge in [0.1, 0.15) is 11.0 Å². The number of sulfonamides is 1. The van der Waals surface area contributed by atoms with Crippen molar-refractivity contribution in [1.82, 2.24) is 4.72 Å². The number of fused-ring (bicyclic) bond motifs is 4. The van der Waals surface area contributed by atoms with E-state index < -0.39 is 27.3 Å². The number of amides is 1. The van der Waals surface area contributed by atoms with Crippen LogP contribution in [0.3, 0.4) is 0 Å². The lowest BCUT2D eigenvalue weighted by Crippen LogP contribution is -2.49. The van der Waals surface area contributed by atoms with Crippen molar-refractivity contribution >= 4 is 33.2 Å². The SMILES string of the molecule is CO[C@H]1/C=C/C[C@H](O)[C@H](C)S(=O)(=O)NC(=O)c2ccc3c(c2)N(C[C@@H]2CC[C@H]21)C[C@@]1(CCCc2cc(Cl)ccc21)CO3. The molecular formula is C32H39ClN2O6S. The summed E-state index contributed by atoms with van der Waals surface area (Å²) in [6, 6.07) is 11.3. The van der Waals surface area contributed by atoms with E-state index in [4.69, 9.17) is 21.1 Å². The summed E-state index contributed by atoms with van der Waals surface area (Å²) in [6.45, 7) is 3.37. The summed E-state index contributed by atoms with van der Waals surface area (Å²) < 4.78 is 40.7. The van der Waals surface area contributed by atoms with E-state index in [1.54, 1.807) is 31.4 Å². The van der Waals surface area contributed by atoms with Gasteiger partial charge in [-0.05, 0) is 98.7 Å². The molecule has 1 spiro atoms. The zero-order chi connectivity index (χ0) is 29.6. The van der Waals surface area contributed by atoms with E-state index in [0.717, 1.165) is 49.4 Å². The number of aryl methyl sites for hydroxylation is 1. The summed E-state index contributed by atoms with van der Waals surface area (Å²) in [4.78, 5) is 15.6. The molecule has 2 aromatic rings. The van der Waals surface area contributed by atoms with Gasteiger partial charge < -0.3 is 19.5 Å². The molecule has 0 unspecified atom stereocenters. The average molecular weight is 615 g/mol. The summed E-state index contributed by atoms with van der Waals surface area (Å²) >= 11 is 6.39. The molecular weight excluding hydrogens is 576 g/mol. The number of carbonyl (C=O) groups excluding carboxylic acids is 1. The Morgan fingerprint density at radius 2 is 2.02 bits per heavy atom. The lowest BCUT2D eigenvalue weighted by molar-refractivity contribution is 0.0130. The predicted molar refractivity (Wildman–Crippen MR) is 163 cm³/mol. The van der Waals surface area contributed by atoms with E-state index in [1.165, 1.54) is 18.1 Å². The van der Waals surface area contributed by atoms with Crippen LogP contribution in [0, 0.1) is 11.8 Å². The highest BCUT2D eigenvalue weighted by molar-refractivity contribution is 7.90. The van der Waals surface area contributed by atoms with E-state index in [-0.39, 0.29) is 29.4 Å². The number of aliphatic hydroxyl groups excluding tert-OH is 1. The summed E-state index contributed by atoms with van der Waals surface area (Å²) in [6.07, 6.45) is 7.62. The van der Waals surface area contributed by atoms with Gasteiger partial charge in [-0.1, -0.05) is 29.8 Å². The molecule has 0 aromatic heterocycles. The van der Waals surface area contributed by atoms with Gasteiger partial charge in [0, 0.05) is 36.2 Å². The third kappa shape index (κ3) is 5.45. The Balaban J connectivity index is 1.43. The van der Waals surface area contributed by atoms with Crippen molar-refractivity contribution in [3.05, 3.63) is 70.3 Å². The molecule has 2 aliphatic heterocycles. The molecule has 2 aromatic carbocycles. The maximum absolute atomic E-state index is 13.3. The largest absolute Gasteiger partial charge is 0.490 e. The summed E-state index contributed by atoms with van der Waals surface area (Å²) in [7, 11) is -2.44. The number of methoxy groups -OCH3 is 1. The molecule has 42 heavy (non-hydrogen) atoms. The van der Waals surface area contributed by atoms with E-state index in [9.17, 15) is 18.3 Å². The standard InChI is InChI=1S/C32H39ClN2O6S/c1-20-28(36)6-3-7-29(40-2)25-11-8-23(25)17-35-18-32(14-4-5-21-15-24(33)10-12-26(21)32)19-41-30-13-9-22(16-27(30)35)31(37)34-42(20,38)39/h3,7,9-10,12-13,15-16,20,23,25,28-29,36H,4-6,8,11,14,17-19H2,1-2H3,(H,34,37)/b7-3+/t20-,23-,25+,28-,29-,32-/m0/s1.